The molecule has 0 aromatic heterocycles. The number of esters is 1. The van der Waals surface area contributed by atoms with Gasteiger partial charge in [0.15, 0.2) is 0 Å². The van der Waals surface area contributed by atoms with E-state index in [4.69, 9.17) is 0 Å². The topological polar surface area (TPSA) is 50.4 Å². The number of ether oxygens (including phenoxy) is 1. The van der Waals surface area contributed by atoms with Gasteiger partial charge in [0.05, 0.1) is 7.11 Å². The maximum Gasteiger partial charge on any atom is 0.327 e. The molecule has 4 heteroatoms. The van der Waals surface area contributed by atoms with Crippen LogP contribution in [0.25, 0.3) is 0 Å². The lowest BCUT2D eigenvalue weighted by atomic mass is 10.1. The zero-order valence-corrected chi connectivity index (χ0v) is 9.20. The second-order valence-corrected chi connectivity index (χ2v) is 3.73. The SMILES string of the molecule is COC(=O)C(C)(C)NNc1ccccc1. The monoisotopic (exact) mass is 208 g/mol. The second-order valence-electron chi connectivity index (χ2n) is 3.73. The molecule has 0 aliphatic rings. The highest BCUT2D eigenvalue weighted by molar-refractivity contribution is 5.79. The van der Waals surface area contributed by atoms with Crippen LogP contribution in [0.5, 0.6) is 0 Å². The van der Waals surface area contributed by atoms with Gasteiger partial charge in [0.1, 0.15) is 5.54 Å². The summed E-state index contributed by atoms with van der Waals surface area (Å²) in [7, 11) is 1.37. The van der Waals surface area contributed by atoms with Crippen molar-refractivity contribution in [3.05, 3.63) is 30.3 Å². The summed E-state index contributed by atoms with van der Waals surface area (Å²) in [6.45, 7) is 3.49. The number of hydrogen-bond donors (Lipinski definition) is 2. The molecule has 0 bridgehead atoms. The van der Waals surface area contributed by atoms with Gasteiger partial charge in [-0.3, -0.25) is 4.79 Å². The number of rotatable bonds is 4. The Bertz CT molecular complexity index is 323. The molecule has 0 spiro atoms. The first-order chi connectivity index (χ1) is 7.06. The van der Waals surface area contributed by atoms with Crippen LogP contribution in [0.3, 0.4) is 0 Å². The van der Waals surface area contributed by atoms with Crippen molar-refractivity contribution in [1.29, 1.82) is 0 Å². The number of methoxy groups -OCH3 is 1. The summed E-state index contributed by atoms with van der Waals surface area (Å²) in [5, 5.41) is 0. The van der Waals surface area contributed by atoms with E-state index < -0.39 is 5.54 Å². The quantitative estimate of drug-likeness (QED) is 0.582. The lowest BCUT2D eigenvalue weighted by molar-refractivity contribution is -0.146. The van der Waals surface area contributed by atoms with Crippen molar-refractivity contribution in [2.75, 3.05) is 12.5 Å². The molecule has 1 rings (SSSR count). The van der Waals surface area contributed by atoms with Crippen molar-refractivity contribution in [3.63, 3.8) is 0 Å². The van der Waals surface area contributed by atoms with Gasteiger partial charge in [-0.05, 0) is 26.0 Å². The van der Waals surface area contributed by atoms with E-state index >= 15 is 0 Å². The van der Waals surface area contributed by atoms with Crippen LogP contribution in [0.4, 0.5) is 5.69 Å². The second kappa shape index (κ2) is 4.79. The van der Waals surface area contributed by atoms with Gasteiger partial charge < -0.3 is 10.2 Å². The predicted octanol–water partition coefficient (Wildman–Crippen LogP) is 1.55. The smallest absolute Gasteiger partial charge is 0.327 e. The highest BCUT2D eigenvalue weighted by Crippen LogP contribution is 2.07. The molecule has 0 saturated heterocycles. The minimum atomic E-state index is -0.759. The number of carbonyl (C=O) groups is 1. The van der Waals surface area contributed by atoms with Crippen LogP contribution in [-0.4, -0.2) is 18.6 Å². The zero-order chi connectivity index (χ0) is 11.3. The van der Waals surface area contributed by atoms with E-state index in [9.17, 15) is 4.79 Å². The lowest BCUT2D eigenvalue weighted by Gasteiger charge is -2.23. The zero-order valence-electron chi connectivity index (χ0n) is 9.20. The Morgan fingerprint density at radius 1 is 1.27 bits per heavy atom. The number of anilines is 1. The average molecular weight is 208 g/mol. The van der Waals surface area contributed by atoms with E-state index in [1.807, 2.05) is 30.3 Å². The number of benzene rings is 1. The Hall–Kier alpha value is -1.55. The fraction of sp³-hybridized carbons (Fsp3) is 0.364. The van der Waals surface area contributed by atoms with Crippen LogP contribution < -0.4 is 10.9 Å². The molecule has 0 amide bonds. The summed E-state index contributed by atoms with van der Waals surface area (Å²) in [5.41, 5.74) is 5.99. The molecule has 0 heterocycles. The molecule has 2 N–H and O–H groups in total. The summed E-state index contributed by atoms with van der Waals surface area (Å²) in [6.07, 6.45) is 0. The van der Waals surface area contributed by atoms with E-state index in [0.29, 0.717) is 0 Å². The fourth-order valence-electron chi connectivity index (χ4n) is 1.06. The number of para-hydroxylation sites is 1. The van der Waals surface area contributed by atoms with Gasteiger partial charge in [-0.15, -0.1) is 0 Å². The van der Waals surface area contributed by atoms with Gasteiger partial charge in [0.25, 0.3) is 0 Å². The molecule has 0 aliphatic heterocycles. The van der Waals surface area contributed by atoms with Crippen molar-refractivity contribution in [2.45, 2.75) is 19.4 Å². The van der Waals surface area contributed by atoms with Crippen molar-refractivity contribution < 1.29 is 9.53 Å². The molecular formula is C11H16N2O2. The van der Waals surface area contributed by atoms with Crippen molar-refractivity contribution >= 4 is 11.7 Å². The summed E-state index contributed by atoms with van der Waals surface area (Å²) < 4.78 is 4.66. The summed E-state index contributed by atoms with van der Waals surface area (Å²) in [5.74, 6) is -0.314. The van der Waals surface area contributed by atoms with Crippen LogP contribution in [-0.2, 0) is 9.53 Å². The van der Waals surface area contributed by atoms with Crippen molar-refractivity contribution in [3.8, 4) is 0 Å². The molecular weight excluding hydrogens is 192 g/mol. The first kappa shape index (κ1) is 11.5. The molecule has 0 atom stereocenters. The standard InChI is InChI=1S/C11H16N2O2/c1-11(2,10(14)15-3)13-12-9-7-5-4-6-8-9/h4-8,12-13H,1-3H3. The van der Waals surface area contributed by atoms with E-state index in [0.717, 1.165) is 5.69 Å². The largest absolute Gasteiger partial charge is 0.468 e. The Balaban J connectivity index is 2.53. The molecule has 4 nitrogen and oxygen atoms in total. The third kappa shape index (κ3) is 3.25. The van der Waals surface area contributed by atoms with E-state index in [2.05, 4.69) is 15.6 Å². The highest BCUT2D eigenvalue weighted by atomic mass is 16.5. The molecule has 0 saturated carbocycles. The molecule has 0 radical (unpaired) electrons. The average Bonchev–Trinajstić information content (AvgIpc) is 2.27. The first-order valence-corrected chi connectivity index (χ1v) is 4.73. The Labute approximate surface area is 89.6 Å². The van der Waals surface area contributed by atoms with E-state index in [1.54, 1.807) is 13.8 Å². The third-order valence-corrected chi connectivity index (χ3v) is 1.99. The third-order valence-electron chi connectivity index (χ3n) is 1.99. The maximum absolute atomic E-state index is 11.3. The highest BCUT2D eigenvalue weighted by Gasteiger charge is 2.27. The molecule has 1 aromatic carbocycles. The van der Waals surface area contributed by atoms with Gasteiger partial charge in [0.2, 0.25) is 0 Å². The Kier molecular flexibility index (Phi) is 3.68. The van der Waals surface area contributed by atoms with Crippen LogP contribution in [0.2, 0.25) is 0 Å². The summed E-state index contributed by atoms with van der Waals surface area (Å²) in [6, 6.07) is 9.56. The number of nitrogens with one attached hydrogen (secondary N) is 2. The van der Waals surface area contributed by atoms with Gasteiger partial charge in [-0.1, -0.05) is 18.2 Å². The molecule has 0 fully saturated rings. The van der Waals surface area contributed by atoms with Gasteiger partial charge in [-0.2, -0.15) is 0 Å². The Morgan fingerprint density at radius 2 is 1.87 bits per heavy atom. The van der Waals surface area contributed by atoms with Crippen LogP contribution in [0.1, 0.15) is 13.8 Å². The molecule has 82 valence electrons. The number of hydrazine groups is 1. The van der Waals surface area contributed by atoms with Crippen LogP contribution >= 0.6 is 0 Å². The van der Waals surface area contributed by atoms with Crippen LogP contribution in [0.15, 0.2) is 30.3 Å². The molecule has 15 heavy (non-hydrogen) atoms. The summed E-state index contributed by atoms with van der Waals surface area (Å²) in [4.78, 5) is 11.3. The lowest BCUT2D eigenvalue weighted by Crippen LogP contribution is -2.50. The molecule has 0 unspecified atom stereocenters. The first-order valence-electron chi connectivity index (χ1n) is 4.73. The van der Waals surface area contributed by atoms with Crippen LogP contribution in [0, 0.1) is 0 Å². The van der Waals surface area contributed by atoms with Crippen molar-refractivity contribution in [1.82, 2.24) is 5.43 Å². The minimum absolute atomic E-state index is 0.314. The van der Waals surface area contributed by atoms with E-state index in [1.165, 1.54) is 7.11 Å². The van der Waals surface area contributed by atoms with Crippen molar-refractivity contribution in [2.24, 2.45) is 0 Å². The molecule has 1 aromatic rings. The molecule has 0 aliphatic carbocycles. The summed E-state index contributed by atoms with van der Waals surface area (Å²) >= 11 is 0. The predicted molar refractivity (Wildman–Crippen MR) is 59.3 cm³/mol. The normalized spacial score (nSPS) is 10.9. The minimum Gasteiger partial charge on any atom is -0.468 e. The van der Waals surface area contributed by atoms with Gasteiger partial charge >= 0.3 is 5.97 Å². The number of carbonyl (C=O) groups excluding carboxylic acids is 1. The fourth-order valence-corrected chi connectivity index (χ4v) is 1.06. The maximum atomic E-state index is 11.3. The van der Waals surface area contributed by atoms with E-state index in [-0.39, 0.29) is 5.97 Å². The van der Waals surface area contributed by atoms with Gasteiger partial charge in [0, 0.05) is 5.69 Å². The number of hydrogen-bond acceptors (Lipinski definition) is 4. The van der Waals surface area contributed by atoms with Gasteiger partial charge in [-0.25, -0.2) is 5.43 Å². The Morgan fingerprint density at radius 3 is 2.40 bits per heavy atom.